The first-order valence-electron chi connectivity index (χ1n) is 9.40. The van der Waals surface area contributed by atoms with Crippen LogP contribution in [0, 0.1) is 27.4 Å². The van der Waals surface area contributed by atoms with Gasteiger partial charge in [-0.2, -0.15) is 0 Å². The lowest BCUT2D eigenvalue weighted by atomic mass is 10.00. The van der Waals surface area contributed by atoms with Gasteiger partial charge in [0.2, 0.25) is 0 Å². The van der Waals surface area contributed by atoms with Gasteiger partial charge in [0.25, 0.3) is 5.69 Å². The maximum absolute atomic E-state index is 12.3. The smallest absolute Gasteiger partial charge is 0.412 e. The number of methoxy groups -OCH3 is 2. The van der Waals surface area contributed by atoms with Crippen LogP contribution in [0.2, 0.25) is 0 Å². The molecule has 1 N–H and O–H groups in total. The first-order valence-corrected chi connectivity index (χ1v) is 9.40. The van der Waals surface area contributed by atoms with E-state index >= 15 is 0 Å². The van der Waals surface area contributed by atoms with Crippen molar-refractivity contribution in [2.24, 2.45) is 17.3 Å². The van der Waals surface area contributed by atoms with Gasteiger partial charge in [0.05, 0.1) is 19.1 Å². The number of anilines is 1. The van der Waals surface area contributed by atoms with Gasteiger partial charge in [-0.25, -0.2) is 4.79 Å². The number of benzene rings is 1. The van der Waals surface area contributed by atoms with Crippen molar-refractivity contribution < 1.29 is 33.5 Å². The van der Waals surface area contributed by atoms with E-state index in [1.54, 1.807) is 12.2 Å². The number of non-ortho nitro benzene ring substituents is 1. The first-order chi connectivity index (χ1) is 14.3. The molecule has 3 atom stereocenters. The molecule has 1 fully saturated rings. The predicted molar refractivity (Wildman–Crippen MR) is 103 cm³/mol. The topological polar surface area (TPSA) is 134 Å². The molecule has 30 heavy (non-hydrogen) atoms. The summed E-state index contributed by atoms with van der Waals surface area (Å²) >= 11 is 0. The van der Waals surface area contributed by atoms with Crippen LogP contribution in [0.5, 0.6) is 0 Å². The molecule has 10 nitrogen and oxygen atoms in total. The minimum absolute atomic E-state index is 0.0875. The zero-order chi connectivity index (χ0) is 21.9. The van der Waals surface area contributed by atoms with Crippen LogP contribution in [0.4, 0.5) is 16.2 Å². The van der Waals surface area contributed by atoms with E-state index in [1.165, 1.54) is 38.5 Å². The Morgan fingerprint density at radius 2 is 1.70 bits per heavy atom. The highest BCUT2D eigenvalue weighted by atomic mass is 16.6. The van der Waals surface area contributed by atoms with Gasteiger partial charge in [-0.05, 0) is 49.3 Å². The third kappa shape index (κ3) is 3.85. The monoisotopic (exact) mass is 418 g/mol. The molecule has 0 spiro atoms. The number of hydrogen-bond acceptors (Lipinski definition) is 8. The van der Waals surface area contributed by atoms with Crippen molar-refractivity contribution in [3.8, 4) is 0 Å². The first kappa shape index (κ1) is 21.3. The second kappa shape index (κ2) is 8.52. The quantitative estimate of drug-likeness (QED) is 0.193. The average Bonchev–Trinajstić information content (AvgIpc) is 3.35. The van der Waals surface area contributed by atoms with Crippen molar-refractivity contribution in [3.63, 3.8) is 0 Å². The lowest BCUT2D eigenvalue weighted by molar-refractivity contribution is -0.384. The van der Waals surface area contributed by atoms with Crippen molar-refractivity contribution in [1.82, 2.24) is 0 Å². The fourth-order valence-corrected chi connectivity index (χ4v) is 4.21. The average molecular weight is 418 g/mol. The van der Waals surface area contributed by atoms with Crippen molar-refractivity contribution in [2.45, 2.75) is 25.4 Å². The summed E-state index contributed by atoms with van der Waals surface area (Å²) in [5, 5.41) is 13.2. The molecule has 0 aliphatic heterocycles. The molecule has 2 aliphatic carbocycles. The summed E-state index contributed by atoms with van der Waals surface area (Å²) in [4.78, 5) is 47.0. The van der Waals surface area contributed by atoms with Crippen LogP contribution in [0.1, 0.15) is 19.3 Å². The van der Waals surface area contributed by atoms with Crippen molar-refractivity contribution >= 4 is 29.4 Å². The Labute approximate surface area is 172 Å². The van der Waals surface area contributed by atoms with Gasteiger partial charge in [-0.15, -0.1) is 0 Å². The van der Waals surface area contributed by atoms with E-state index in [1.807, 2.05) is 0 Å². The third-order valence-corrected chi connectivity index (χ3v) is 5.68. The number of carbonyl (C=O) groups excluding carboxylic acids is 3. The number of allylic oxidation sites excluding steroid dienone is 1. The zero-order valence-corrected chi connectivity index (χ0v) is 16.5. The minimum atomic E-state index is -1.30. The Balaban J connectivity index is 1.61. The predicted octanol–water partition coefficient (Wildman–Crippen LogP) is 2.83. The molecule has 10 heteroatoms. The van der Waals surface area contributed by atoms with E-state index in [9.17, 15) is 24.5 Å². The van der Waals surface area contributed by atoms with Crippen LogP contribution in [-0.2, 0) is 23.8 Å². The maximum Gasteiger partial charge on any atom is 0.412 e. The molecule has 0 aromatic heterocycles. The number of nitro benzene ring substituents is 1. The van der Waals surface area contributed by atoms with Crippen molar-refractivity contribution in [1.29, 1.82) is 0 Å². The third-order valence-electron chi connectivity index (χ3n) is 5.68. The normalized spacial score (nSPS) is 24.8. The van der Waals surface area contributed by atoms with Gasteiger partial charge in [0.15, 0.2) is 5.41 Å². The number of rotatable bonds is 5. The Kier molecular flexibility index (Phi) is 6.04. The molecule has 0 unspecified atom stereocenters. The van der Waals surface area contributed by atoms with Crippen LogP contribution in [0.3, 0.4) is 0 Å². The molecule has 2 aliphatic rings. The van der Waals surface area contributed by atoms with E-state index < -0.39 is 34.5 Å². The lowest BCUT2D eigenvalue weighted by Gasteiger charge is -2.16. The highest BCUT2D eigenvalue weighted by Crippen LogP contribution is 2.64. The molecule has 0 bridgehead atoms. The summed E-state index contributed by atoms with van der Waals surface area (Å²) in [5.41, 5.74) is -1.03. The number of amides is 1. The lowest BCUT2D eigenvalue weighted by Crippen LogP contribution is -2.32. The van der Waals surface area contributed by atoms with Gasteiger partial charge in [-0.3, -0.25) is 25.0 Å². The Hall–Kier alpha value is -3.43. The molecule has 1 aromatic carbocycles. The standard InChI is InChI=1S/C20H22N2O8/c1-28-17(23)20(18(24)29-2)15-5-3-4-14(10-11-16(15)20)30-19(25)21-12-6-8-13(9-7-12)22(26)27/h3-4,6-9,14-16H,5,10-11H2,1-2H3,(H,21,25)/b4-3-/t14-,15-,16+/m0/s1. The molecular weight excluding hydrogens is 396 g/mol. The van der Waals surface area contributed by atoms with Gasteiger partial charge in [0, 0.05) is 17.8 Å². The van der Waals surface area contributed by atoms with Gasteiger partial charge in [0.1, 0.15) is 6.10 Å². The number of ether oxygens (including phenoxy) is 3. The van der Waals surface area contributed by atoms with Gasteiger partial charge < -0.3 is 14.2 Å². The SMILES string of the molecule is COC(=O)C1(C(=O)OC)[C@@H]2CC[C@@H](OC(=O)Nc3ccc([N+](=O)[O-])cc3)/C=C\C[C@@H]21. The van der Waals surface area contributed by atoms with Crippen LogP contribution >= 0.6 is 0 Å². The Bertz CT molecular complexity index is 863. The summed E-state index contributed by atoms with van der Waals surface area (Å²) < 4.78 is 15.1. The van der Waals surface area contributed by atoms with E-state index in [-0.39, 0.29) is 17.5 Å². The van der Waals surface area contributed by atoms with Crippen LogP contribution in [-0.4, -0.2) is 43.3 Å². The fraction of sp³-hybridized carbons (Fsp3) is 0.450. The summed E-state index contributed by atoms with van der Waals surface area (Å²) in [7, 11) is 2.48. The molecule has 0 radical (unpaired) electrons. The number of esters is 2. The number of nitrogens with one attached hydrogen (secondary N) is 1. The van der Waals surface area contributed by atoms with E-state index in [0.29, 0.717) is 24.9 Å². The van der Waals surface area contributed by atoms with E-state index in [4.69, 9.17) is 14.2 Å². The largest absolute Gasteiger partial charge is 0.468 e. The molecule has 1 aromatic rings. The molecule has 160 valence electrons. The van der Waals surface area contributed by atoms with Crippen LogP contribution in [0.25, 0.3) is 0 Å². The number of carbonyl (C=O) groups is 3. The molecule has 3 rings (SSSR count). The second-order valence-corrected chi connectivity index (χ2v) is 7.18. The minimum Gasteiger partial charge on any atom is -0.468 e. The fourth-order valence-electron chi connectivity index (χ4n) is 4.21. The summed E-state index contributed by atoms with van der Waals surface area (Å²) in [6.45, 7) is 0. The number of hydrogen-bond donors (Lipinski definition) is 1. The Morgan fingerprint density at radius 1 is 1.07 bits per heavy atom. The van der Waals surface area contributed by atoms with Crippen LogP contribution < -0.4 is 5.32 Å². The summed E-state index contributed by atoms with van der Waals surface area (Å²) in [6.07, 6.45) is 3.61. The van der Waals surface area contributed by atoms with Crippen molar-refractivity contribution in [3.05, 3.63) is 46.5 Å². The summed E-state index contributed by atoms with van der Waals surface area (Å²) in [6, 6.07) is 5.36. The van der Waals surface area contributed by atoms with Gasteiger partial charge >= 0.3 is 18.0 Å². The van der Waals surface area contributed by atoms with Gasteiger partial charge in [-0.1, -0.05) is 6.08 Å². The molecule has 0 heterocycles. The number of fused-ring (bicyclic) bond motifs is 1. The molecule has 0 saturated heterocycles. The highest BCUT2D eigenvalue weighted by molar-refractivity contribution is 6.04. The maximum atomic E-state index is 12.3. The van der Waals surface area contributed by atoms with Crippen LogP contribution in [0.15, 0.2) is 36.4 Å². The highest BCUT2D eigenvalue weighted by Gasteiger charge is 2.75. The second-order valence-electron chi connectivity index (χ2n) is 7.18. The zero-order valence-electron chi connectivity index (χ0n) is 16.5. The Morgan fingerprint density at radius 3 is 2.27 bits per heavy atom. The summed E-state index contributed by atoms with van der Waals surface area (Å²) in [5.74, 6) is -1.66. The number of nitro groups is 1. The molecule has 1 saturated carbocycles. The van der Waals surface area contributed by atoms with Crippen molar-refractivity contribution in [2.75, 3.05) is 19.5 Å². The molecule has 1 amide bonds. The van der Waals surface area contributed by atoms with E-state index in [0.717, 1.165) is 0 Å². The molecular formula is C20H22N2O8. The van der Waals surface area contributed by atoms with E-state index in [2.05, 4.69) is 5.32 Å². The number of nitrogens with zero attached hydrogens (tertiary/aromatic N) is 1.